The first-order chi connectivity index (χ1) is 12.3. The highest BCUT2D eigenvalue weighted by molar-refractivity contribution is 8.14. The smallest absolute Gasteiger partial charge is 0.362 e. The lowest BCUT2D eigenvalue weighted by atomic mass is 10.2. The zero-order chi connectivity index (χ0) is 18.5. The number of pyridine rings is 1. The molecule has 0 saturated carbocycles. The first-order valence-electron chi connectivity index (χ1n) is 7.43. The highest BCUT2D eigenvalue weighted by Crippen LogP contribution is 2.32. The fraction of sp³-hybridized carbons (Fsp3) is 0.0588. The van der Waals surface area contributed by atoms with E-state index < -0.39 is 14.7 Å². The van der Waals surface area contributed by atoms with Crippen LogP contribution in [0.2, 0.25) is 0 Å². The Morgan fingerprint density at radius 1 is 1.19 bits per heavy atom. The largest absolute Gasteiger partial charge is 0.430 e. The van der Waals surface area contributed by atoms with Crippen LogP contribution in [-0.2, 0) is 15.6 Å². The summed E-state index contributed by atoms with van der Waals surface area (Å²) in [5.41, 5.74) is 0.579. The van der Waals surface area contributed by atoms with Gasteiger partial charge in [0.2, 0.25) is 0 Å². The van der Waals surface area contributed by atoms with E-state index in [4.69, 9.17) is 15.1 Å². The van der Waals surface area contributed by atoms with E-state index in [0.717, 1.165) is 5.56 Å². The molecule has 0 aliphatic rings. The normalized spacial score (nSPS) is 12.1. The first kappa shape index (κ1) is 16.7. The predicted octanol–water partition coefficient (Wildman–Crippen LogP) is 3.26. The van der Waals surface area contributed by atoms with Crippen LogP contribution in [0.3, 0.4) is 0 Å². The lowest BCUT2D eigenvalue weighted by Gasteiger charge is -2.06. The van der Waals surface area contributed by atoms with Crippen molar-refractivity contribution < 1.29 is 17.2 Å². The third-order valence-electron chi connectivity index (χ3n) is 4.06. The van der Waals surface area contributed by atoms with Crippen molar-refractivity contribution in [1.29, 1.82) is 0 Å². The second-order valence-electron chi connectivity index (χ2n) is 5.67. The first-order valence-corrected chi connectivity index (χ1v) is 9.74. The summed E-state index contributed by atoms with van der Waals surface area (Å²) in [5, 5.41) is 0.621. The van der Waals surface area contributed by atoms with E-state index in [2.05, 4.69) is 4.98 Å². The van der Waals surface area contributed by atoms with Gasteiger partial charge in [-0.25, -0.2) is 22.6 Å². The zero-order valence-electron chi connectivity index (χ0n) is 13.0. The van der Waals surface area contributed by atoms with Crippen molar-refractivity contribution in [2.45, 2.75) is 11.4 Å². The van der Waals surface area contributed by atoms with Gasteiger partial charge in [-0.3, -0.25) is 0 Å². The van der Waals surface area contributed by atoms with E-state index in [0.29, 0.717) is 16.3 Å². The second-order valence-corrected chi connectivity index (χ2v) is 8.21. The number of halogens is 2. The van der Waals surface area contributed by atoms with Gasteiger partial charge < -0.3 is 8.98 Å². The summed E-state index contributed by atoms with van der Waals surface area (Å²) < 4.78 is 43.7. The molecule has 3 aromatic heterocycles. The Bertz CT molecular complexity index is 1310. The van der Waals surface area contributed by atoms with E-state index in [1.807, 2.05) is 0 Å². The predicted molar refractivity (Wildman–Crippen MR) is 94.3 cm³/mol. The van der Waals surface area contributed by atoms with E-state index in [1.165, 1.54) is 36.9 Å². The Balaban J connectivity index is 2.03. The molecule has 0 saturated heterocycles. The number of nitrogens with zero attached hydrogens (tertiary/aromatic N) is 2. The molecule has 0 unspecified atom stereocenters. The fourth-order valence-electron chi connectivity index (χ4n) is 2.92. The minimum absolute atomic E-state index is 0.0149. The number of aromatic nitrogens is 2. The number of fused-ring (bicyclic) bond motifs is 3. The molecule has 1 aromatic carbocycles. The van der Waals surface area contributed by atoms with Crippen molar-refractivity contribution in [1.82, 2.24) is 9.55 Å². The van der Waals surface area contributed by atoms with E-state index in [9.17, 15) is 17.6 Å². The topological polar surface area (TPSA) is 82.2 Å². The molecule has 132 valence electrons. The van der Waals surface area contributed by atoms with Crippen LogP contribution in [0.4, 0.5) is 4.39 Å². The molecular formula is C17H10ClFN2O4S. The lowest BCUT2D eigenvalue weighted by Crippen LogP contribution is -2.02. The molecule has 0 bridgehead atoms. The lowest BCUT2D eigenvalue weighted by molar-refractivity contribution is 0.518. The van der Waals surface area contributed by atoms with Gasteiger partial charge in [-0.05, 0) is 23.8 Å². The third kappa shape index (κ3) is 2.77. The molecule has 0 spiro atoms. The molecule has 0 atom stereocenters. The summed E-state index contributed by atoms with van der Waals surface area (Å²) in [5.74, 6) is -0.366. The van der Waals surface area contributed by atoms with E-state index in [-0.39, 0.29) is 22.8 Å². The van der Waals surface area contributed by atoms with Gasteiger partial charge in [0.15, 0.2) is 5.52 Å². The van der Waals surface area contributed by atoms with Gasteiger partial charge in [0.05, 0.1) is 18.0 Å². The molecule has 26 heavy (non-hydrogen) atoms. The maximum atomic E-state index is 13.1. The van der Waals surface area contributed by atoms with Crippen molar-refractivity contribution >= 4 is 41.5 Å². The Morgan fingerprint density at radius 2 is 1.92 bits per heavy atom. The van der Waals surface area contributed by atoms with Crippen molar-refractivity contribution in [2.75, 3.05) is 0 Å². The van der Waals surface area contributed by atoms with Crippen molar-refractivity contribution in [3.05, 3.63) is 70.8 Å². The van der Waals surface area contributed by atoms with E-state index >= 15 is 0 Å². The maximum Gasteiger partial charge on any atom is 0.362 e. The number of benzene rings is 1. The summed E-state index contributed by atoms with van der Waals surface area (Å²) in [4.78, 5) is 15.8. The van der Waals surface area contributed by atoms with Crippen LogP contribution in [-0.4, -0.2) is 18.0 Å². The molecule has 0 N–H and O–H groups in total. The summed E-state index contributed by atoms with van der Waals surface area (Å²) in [6, 6.07) is 7.30. The molecule has 6 nitrogen and oxygen atoms in total. The Labute approximate surface area is 150 Å². The van der Waals surface area contributed by atoms with Crippen LogP contribution in [0.1, 0.15) is 5.56 Å². The highest BCUT2D eigenvalue weighted by Gasteiger charge is 2.22. The molecule has 9 heteroatoms. The van der Waals surface area contributed by atoms with Crippen molar-refractivity contribution in [3.63, 3.8) is 0 Å². The van der Waals surface area contributed by atoms with Crippen molar-refractivity contribution in [2.24, 2.45) is 0 Å². The fourth-order valence-corrected chi connectivity index (χ4v) is 3.98. The summed E-state index contributed by atoms with van der Waals surface area (Å²) in [7, 11) is 1.52. The maximum absolute atomic E-state index is 13.1. The van der Waals surface area contributed by atoms with Gasteiger partial charge in [-0.15, -0.1) is 0 Å². The standard InChI is InChI=1S/C17H10ClFN2O4S/c18-26(23,24)14-9-21(8-10-1-3-11(19)4-2-10)13-7-20-16-12(15(13)14)5-6-25-17(16)22/h1-7,9H,8H2. The molecular weight excluding hydrogens is 383 g/mol. The minimum atomic E-state index is -4.08. The quantitative estimate of drug-likeness (QED) is 0.500. The average molecular weight is 393 g/mol. The van der Waals surface area contributed by atoms with Crippen LogP contribution in [0.5, 0.6) is 0 Å². The summed E-state index contributed by atoms with van der Waals surface area (Å²) in [6.07, 6.45) is 3.95. The molecule has 0 aliphatic carbocycles. The van der Waals surface area contributed by atoms with Crippen LogP contribution in [0, 0.1) is 5.82 Å². The molecule has 0 amide bonds. The van der Waals surface area contributed by atoms with Crippen LogP contribution < -0.4 is 5.63 Å². The number of hydrogen-bond donors (Lipinski definition) is 0. The Kier molecular flexibility index (Phi) is 3.82. The summed E-state index contributed by atoms with van der Waals surface area (Å²) in [6.45, 7) is 0.276. The molecule has 3 heterocycles. The molecule has 0 radical (unpaired) electrons. The molecule has 4 aromatic rings. The molecule has 4 rings (SSSR count). The van der Waals surface area contributed by atoms with Crippen LogP contribution >= 0.6 is 10.7 Å². The van der Waals surface area contributed by atoms with Gasteiger partial charge in [0.1, 0.15) is 10.7 Å². The second kappa shape index (κ2) is 5.93. The van der Waals surface area contributed by atoms with Crippen LogP contribution in [0.25, 0.3) is 21.8 Å². The number of hydrogen-bond acceptors (Lipinski definition) is 5. The third-order valence-corrected chi connectivity index (χ3v) is 5.39. The SMILES string of the molecule is O=c1occc2c1ncc1c2c(S(=O)(=O)Cl)cn1Cc1ccc(F)cc1. The summed E-state index contributed by atoms with van der Waals surface area (Å²) >= 11 is 0. The number of rotatable bonds is 3. The Morgan fingerprint density at radius 3 is 2.62 bits per heavy atom. The molecule has 0 fully saturated rings. The van der Waals surface area contributed by atoms with Crippen molar-refractivity contribution in [3.8, 4) is 0 Å². The average Bonchev–Trinajstić information content (AvgIpc) is 2.97. The monoisotopic (exact) mass is 392 g/mol. The highest BCUT2D eigenvalue weighted by atomic mass is 35.7. The van der Waals surface area contributed by atoms with Gasteiger partial charge in [0.25, 0.3) is 9.05 Å². The van der Waals surface area contributed by atoms with Gasteiger partial charge in [-0.1, -0.05) is 12.1 Å². The van der Waals surface area contributed by atoms with Gasteiger partial charge >= 0.3 is 5.63 Å². The Hall–Kier alpha value is -2.71. The zero-order valence-corrected chi connectivity index (χ0v) is 14.6. The van der Waals surface area contributed by atoms with Crippen LogP contribution in [0.15, 0.2) is 63.1 Å². The molecule has 0 aliphatic heterocycles. The van der Waals surface area contributed by atoms with E-state index in [1.54, 1.807) is 16.7 Å². The van der Waals surface area contributed by atoms with Gasteiger partial charge in [0, 0.05) is 34.2 Å². The minimum Gasteiger partial charge on any atom is -0.430 e. The van der Waals surface area contributed by atoms with Gasteiger partial charge in [-0.2, -0.15) is 0 Å².